The Morgan fingerprint density at radius 2 is 0.810 bits per heavy atom. The normalized spacial score (nSPS) is 11.1. The Hall–Kier alpha value is -1.24. The summed E-state index contributed by atoms with van der Waals surface area (Å²) < 4.78 is 14.6. The van der Waals surface area contributed by atoms with E-state index in [9.17, 15) is 2.81 Å². The summed E-state index contributed by atoms with van der Waals surface area (Å²) in [4.78, 5) is 3.38. The summed E-state index contributed by atoms with van der Waals surface area (Å²) in [6.07, 6.45) is 0. The number of benzene rings is 3. The topological polar surface area (TPSA) is 0 Å². The molecule has 0 aliphatic carbocycles. The molecule has 21 heavy (non-hydrogen) atoms. The molecule has 0 saturated heterocycles. The van der Waals surface area contributed by atoms with Gasteiger partial charge in [-0.25, -0.2) is 0 Å². The maximum absolute atomic E-state index is 14.6. The molecule has 3 aromatic rings. The summed E-state index contributed by atoms with van der Waals surface area (Å²) in [7, 11) is 0. The molecule has 0 nitrogen and oxygen atoms in total. The first kappa shape index (κ1) is 14.7. The first-order valence-corrected chi connectivity index (χ1v) is 12.4. The summed E-state index contributed by atoms with van der Waals surface area (Å²) in [6.45, 7) is -1.69. The zero-order valence-corrected chi connectivity index (χ0v) is 14.8. The van der Waals surface area contributed by atoms with E-state index in [4.69, 9.17) is 0 Å². The van der Waals surface area contributed by atoms with E-state index in [-0.39, 0.29) is 0 Å². The van der Waals surface area contributed by atoms with Crippen LogP contribution in [-0.2, 0) is 6.59 Å². The Morgan fingerprint density at radius 1 is 0.524 bits per heavy atom. The standard InChI is InChI=1S/C18H15S.FH.Sb/c1-4-10-16(11-5-1)19(17-12-6-2-7-13-17)18-14-8-3-9-15-18;;/h1-15H;1H;/q+1;;+1/p-1. The Kier molecular flexibility index (Phi) is 4.67. The molecule has 0 N–H and O–H groups in total. The van der Waals surface area contributed by atoms with Crippen molar-refractivity contribution in [3.05, 3.63) is 91.0 Å². The summed E-state index contributed by atoms with van der Waals surface area (Å²) in [5.41, 5.74) is 0. The monoisotopic (exact) mass is 403 g/mol. The van der Waals surface area contributed by atoms with Crippen LogP contribution in [0.1, 0.15) is 0 Å². The second-order valence-corrected chi connectivity index (χ2v) is 13.2. The zero-order valence-electron chi connectivity index (χ0n) is 11.4. The second kappa shape index (κ2) is 6.68. The molecule has 0 fully saturated rings. The van der Waals surface area contributed by atoms with Crippen LogP contribution in [0.4, 0.5) is 2.81 Å². The van der Waals surface area contributed by atoms with Crippen molar-refractivity contribution in [3.63, 3.8) is 0 Å². The Bertz CT molecular complexity index is 652. The SMILES string of the molecule is [F][Sb]=[S+](c1ccccc1)(c1ccccc1)c1ccccc1. The van der Waals surface area contributed by atoms with Crippen LogP contribution in [0.15, 0.2) is 106 Å². The molecule has 0 aromatic heterocycles. The van der Waals surface area contributed by atoms with Gasteiger partial charge in [0.25, 0.3) is 0 Å². The van der Waals surface area contributed by atoms with Crippen molar-refractivity contribution in [2.75, 3.05) is 0 Å². The molecule has 3 aromatic carbocycles. The Labute approximate surface area is 135 Å². The Balaban J connectivity index is 2.35. The van der Waals surface area contributed by atoms with Crippen LogP contribution in [0.2, 0.25) is 0 Å². The fourth-order valence-electron chi connectivity index (χ4n) is 2.38. The zero-order chi connectivity index (χ0) is 14.5. The number of hydrogen-bond acceptors (Lipinski definition) is 0. The molecule has 0 atom stereocenters. The van der Waals surface area contributed by atoms with Crippen molar-refractivity contribution in [2.24, 2.45) is 0 Å². The van der Waals surface area contributed by atoms with E-state index in [0.29, 0.717) is 0 Å². The summed E-state index contributed by atoms with van der Waals surface area (Å²) in [5.74, 6) is 0. The molecule has 0 bridgehead atoms. The molecule has 0 spiro atoms. The van der Waals surface area contributed by atoms with E-state index in [1.165, 1.54) is 0 Å². The maximum atomic E-state index is 14.6. The van der Waals surface area contributed by atoms with Crippen LogP contribution in [0.25, 0.3) is 0 Å². The second-order valence-electron chi connectivity index (χ2n) is 4.59. The van der Waals surface area contributed by atoms with Gasteiger partial charge >= 0.3 is 135 Å². The summed E-state index contributed by atoms with van der Waals surface area (Å²) in [5, 5.41) is 0. The quantitative estimate of drug-likeness (QED) is 0.434. The van der Waals surface area contributed by atoms with Gasteiger partial charge in [-0.3, -0.25) is 0 Å². The van der Waals surface area contributed by atoms with Gasteiger partial charge in [0.05, 0.1) is 0 Å². The predicted molar refractivity (Wildman–Crippen MR) is 88.4 cm³/mol. The van der Waals surface area contributed by atoms with Crippen LogP contribution >= 0.6 is 0 Å². The average molecular weight is 404 g/mol. The molecular weight excluding hydrogens is 389 g/mol. The van der Waals surface area contributed by atoms with Gasteiger partial charge in [-0.1, -0.05) is 0 Å². The van der Waals surface area contributed by atoms with Crippen molar-refractivity contribution in [2.45, 2.75) is 14.7 Å². The molecule has 0 amide bonds. The van der Waals surface area contributed by atoms with E-state index in [2.05, 4.69) is 36.4 Å². The Morgan fingerprint density at radius 3 is 1.05 bits per heavy atom. The van der Waals surface area contributed by atoms with Crippen molar-refractivity contribution in [3.8, 4) is 0 Å². The number of rotatable bonds is 3. The minimum absolute atomic E-state index is 1.13. The van der Waals surface area contributed by atoms with E-state index < -0.39 is 26.8 Å². The van der Waals surface area contributed by atoms with Crippen LogP contribution in [-0.4, -0.2) is 20.2 Å². The van der Waals surface area contributed by atoms with Crippen LogP contribution in [0, 0.1) is 0 Å². The first-order chi connectivity index (χ1) is 10.4. The van der Waals surface area contributed by atoms with Gasteiger partial charge in [-0.15, -0.1) is 0 Å². The molecule has 0 radical (unpaired) electrons. The fraction of sp³-hybridized carbons (Fsp3) is 0. The predicted octanol–water partition coefficient (Wildman–Crippen LogP) is 4.82. The molecule has 104 valence electrons. The van der Waals surface area contributed by atoms with Crippen LogP contribution in [0.5, 0.6) is 0 Å². The van der Waals surface area contributed by atoms with Crippen molar-refractivity contribution >= 4 is 26.8 Å². The van der Waals surface area contributed by atoms with Gasteiger partial charge in [0, 0.05) is 0 Å². The van der Waals surface area contributed by atoms with E-state index in [1.807, 2.05) is 54.6 Å². The third-order valence-electron chi connectivity index (χ3n) is 3.36. The fourth-order valence-corrected chi connectivity index (χ4v) is 10.3. The third-order valence-corrected chi connectivity index (χ3v) is 13.6. The molecule has 0 aliphatic heterocycles. The van der Waals surface area contributed by atoms with E-state index in [0.717, 1.165) is 14.7 Å². The third kappa shape index (κ3) is 2.75. The van der Waals surface area contributed by atoms with Crippen molar-refractivity contribution in [1.29, 1.82) is 0 Å². The van der Waals surface area contributed by atoms with Crippen LogP contribution < -0.4 is 0 Å². The van der Waals surface area contributed by atoms with Gasteiger partial charge in [-0.05, 0) is 0 Å². The van der Waals surface area contributed by atoms with Gasteiger partial charge in [-0.2, -0.15) is 0 Å². The minimum atomic E-state index is -1.90. The summed E-state index contributed by atoms with van der Waals surface area (Å²) in [6, 6.07) is 30.5. The van der Waals surface area contributed by atoms with Gasteiger partial charge in [0.2, 0.25) is 0 Å². The molecule has 3 rings (SSSR count). The molecule has 0 unspecified atom stereocenters. The number of halogens is 1. The molecular formula is C18H15FSSb+. The van der Waals surface area contributed by atoms with E-state index >= 15 is 0 Å². The molecule has 3 heteroatoms. The first-order valence-electron chi connectivity index (χ1n) is 6.70. The molecule has 0 heterocycles. The average Bonchev–Trinajstić information content (AvgIpc) is 2.59. The van der Waals surface area contributed by atoms with Crippen molar-refractivity contribution < 1.29 is 2.81 Å². The van der Waals surface area contributed by atoms with Gasteiger partial charge < -0.3 is 0 Å². The molecule has 0 saturated carbocycles. The molecule has 0 aliphatic rings. The van der Waals surface area contributed by atoms with Crippen LogP contribution in [0.3, 0.4) is 0 Å². The summed E-state index contributed by atoms with van der Waals surface area (Å²) >= 11 is -1.90. The van der Waals surface area contributed by atoms with E-state index in [1.54, 1.807) is 0 Å². The number of hydrogen-bond donors (Lipinski definition) is 0. The van der Waals surface area contributed by atoms with Gasteiger partial charge in [0.1, 0.15) is 0 Å². The van der Waals surface area contributed by atoms with Crippen molar-refractivity contribution in [1.82, 2.24) is 0 Å². The van der Waals surface area contributed by atoms with Gasteiger partial charge in [0.15, 0.2) is 0 Å².